The number of nitrogens with one attached hydrogen (secondary N) is 1. The summed E-state index contributed by atoms with van der Waals surface area (Å²) >= 11 is 0. The summed E-state index contributed by atoms with van der Waals surface area (Å²) in [5.41, 5.74) is 2.99. The summed E-state index contributed by atoms with van der Waals surface area (Å²) in [6.45, 7) is 5.06. The third-order valence-electron chi connectivity index (χ3n) is 5.55. The van der Waals surface area contributed by atoms with E-state index in [0.29, 0.717) is 0 Å². The van der Waals surface area contributed by atoms with Gasteiger partial charge in [-0.3, -0.25) is 4.79 Å². The van der Waals surface area contributed by atoms with Crippen LogP contribution in [0.25, 0.3) is 11.0 Å². The molecule has 0 bridgehead atoms. The second-order valence-corrected chi connectivity index (χ2v) is 7.38. The Labute approximate surface area is 160 Å². The lowest BCUT2D eigenvalue weighted by atomic mass is 9.96. The molecular weight excluding hydrogens is 336 g/mol. The Morgan fingerprint density at radius 1 is 1.07 bits per heavy atom. The third-order valence-corrected chi connectivity index (χ3v) is 5.55. The van der Waals surface area contributed by atoms with E-state index in [4.69, 9.17) is 4.42 Å². The molecule has 1 aliphatic heterocycles. The van der Waals surface area contributed by atoms with E-state index in [2.05, 4.69) is 22.3 Å². The first-order valence-electron chi connectivity index (χ1n) is 9.76. The molecule has 0 spiro atoms. The van der Waals surface area contributed by atoms with Crippen molar-refractivity contribution in [3.63, 3.8) is 0 Å². The molecule has 0 aliphatic carbocycles. The molecule has 1 saturated heterocycles. The van der Waals surface area contributed by atoms with Crippen molar-refractivity contribution in [2.24, 2.45) is 0 Å². The maximum Gasteiger partial charge on any atom is 0.227 e. The highest BCUT2D eigenvalue weighted by molar-refractivity contribution is 5.90. The van der Waals surface area contributed by atoms with Gasteiger partial charge in [0.1, 0.15) is 5.58 Å². The second-order valence-electron chi connectivity index (χ2n) is 7.38. The first-order chi connectivity index (χ1) is 13.2. The van der Waals surface area contributed by atoms with Gasteiger partial charge in [0.25, 0.3) is 0 Å². The van der Waals surface area contributed by atoms with Crippen LogP contribution in [-0.4, -0.2) is 30.4 Å². The molecule has 4 rings (SSSR count). The number of benzene rings is 2. The highest BCUT2D eigenvalue weighted by atomic mass is 16.3. The Hall–Kier alpha value is -2.59. The van der Waals surface area contributed by atoms with Gasteiger partial charge in [0.15, 0.2) is 0 Å². The summed E-state index contributed by atoms with van der Waals surface area (Å²) in [7, 11) is 0. The third kappa shape index (κ3) is 3.91. The van der Waals surface area contributed by atoms with Crippen LogP contribution in [0.2, 0.25) is 0 Å². The average Bonchev–Trinajstić information content (AvgIpc) is 3.39. The van der Waals surface area contributed by atoms with Crippen LogP contribution >= 0.6 is 0 Å². The number of fused-ring (bicyclic) bond motifs is 1. The van der Waals surface area contributed by atoms with Crippen LogP contribution < -0.4 is 5.32 Å². The maximum atomic E-state index is 13.1. The van der Waals surface area contributed by atoms with Gasteiger partial charge in [-0.1, -0.05) is 42.5 Å². The van der Waals surface area contributed by atoms with Crippen molar-refractivity contribution in [1.29, 1.82) is 0 Å². The minimum absolute atomic E-state index is 0.00260. The van der Waals surface area contributed by atoms with Gasteiger partial charge in [-0.05, 0) is 56.1 Å². The molecule has 4 heteroatoms. The number of carbonyl (C=O) groups excluding carboxylic acids is 1. The molecule has 4 nitrogen and oxygen atoms in total. The molecule has 1 amide bonds. The van der Waals surface area contributed by atoms with Gasteiger partial charge in [0.05, 0.1) is 18.2 Å². The molecular formula is C23H26N2O2. The molecule has 0 saturated carbocycles. The number of rotatable bonds is 6. The van der Waals surface area contributed by atoms with Crippen molar-refractivity contribution >= 4 is 16.9 Å². The number of amides is 1. The number of hydrogen-bond acceptors (Lipinski definition) is 3. The zero-order valence-corrected chi connectivity index (χ0v) is 15.7. The normalized spacial score (nSPS) is 17.1. The fourth-order valence-electron chi connectivity index (χ4n) is 3.98. The van der Waals surface area contributed by atoms with Crippen LogP contribution in [-0.2, 0) is 4.79 Å². The topological polar surface area (TPSA) is 45.5 Å². The molecule has 1 aromatic heterocycles. The molecule has 2 unspecified atom stereocenters. The van der Waals surface area contributed by atoms with Gasteiger partial charge in [-0.2, -0.15) is 0 Å². The van der Waals surface area contributed by atoms with Gasteiger partial charge in [-0.25, -0.2) is 0 Å². The molecule has 1 fully saturated rings. The van der Waals surface area contributed by atoms with E-state index < -0.39 is 0 Å². The van der Waals surface area contributed by atoms with E-state index in [0.717, 1.165) is 41.7 Å². The lowest BCUT2D eigenvalue weighted by molar-refractivity contribution is -0.123. The predicted octanol–water partition coefficient (Wildman–Crippen LogP) is 4.49. The Balaban J connectivity index is 1.54. The number of nitrogens with zero attached hydrogens (tertiary/aromatic N) is 1. The monoisotopic (exact) mass is 362 g/mol. The molecule has 2 heterocycles. The summed E-state index contributed by atoms with van der Waals surface area (Å²) in [6.07, 6.45) is 4.17. The number of likely N-dealkylation sites (tertiary alicyclic amines) is 1. The quantitative estimate of drug-likeness (QED) is 0.703. The maximum absolute atomic E-state index is 13.1. The molecule has 27 heavy (non-hydrogen) atoms. The summed E-state index contributed by atoms with van der Waals surface area (Å²) < 4.78 is 5.49. The van der Waals surface area contributed by atoms with Gasteiger partial charge < -0.3 is 14.6 Å². The summed E-state index contributed by atoms with van der Waals surface area (Å²) in [4.78, 5) is 15.6. The lowest BCUT2D eigenvalue weighted by Crippen LogP contribution is -2.38. The van der Waals surface area contributed by atoms with Crippen molar-refractivity contribution in [1.82, 2.24) is 10.2 Å². The Morgan fingerprint density at radius 2 is 1.85 bits per heavy atom. The van der Waals surface area contributed by atoms with Crippen LogP contribution in [0, 0.1) is 0 Å². The second kappa shape index (κ2) is 7.97. The first kappa shape index (κ1) is 17.8. The highest BCUT2D eigenvalue weighted by Gasteiger charge is 2.24. The fraction of sp³-hybridized carbons (Fsp3) is 0.348. The fourth-order valence-corrected chi connectivity index (χ4v) is 3.98. The molecule has 2 aromatic carbocycles. The molecule has 0 radical (unpaired) electrons. The Morgan fingerprint density at radius 3 is 2.63 bits per heavy atom. The smallest absolute Gasteiger partial charge is 0.227 e. The van der Waals surface area contributed by atoms with Crippen molar-refractivity contribution in [3.05, 3.63) is 72.0 Å². The summed E-state index contributed by atoms with van der Waals surface area (Å²) in [5, 5.41) is 4.31. The number of carbonyl (C=O) groups is 1. The van der Waals surface area contributed by atoms with E-state index in [1.807, 2.05) is 49.4 Å². The molecule has 1 N–H and O–H groups in total. The summed E-state index contributed by atoms with van der Waals surface area (Å²) in [5.74, 6) is -0.187. The van der Waals surface area contributed by atoms with Crippen molar-refractivity contribution in [2.75, 3.05) is 19.6 Å². The molecule has 3 aromatic rings. The SMILES string of the molecule is CC(C(=O)NC(CN1CCCC1)c1ccccc1)c1cccc2occc12. The zero-order valence-electron chi connectivity index (χ0n) is 15.7. The molecule has 140 valence electrons. The number of hydrogen-bond donors (Lipinski definition) is 1. The van der Waals surface area contributed by atoms with E-state index in [1.165, 1.54) is 12.8 Å². The van der Waals surface area contributed by atoms with Gasteiger partial charge in [-0.15, -0.1) is 0 Å². The van der Waals surface area contributed by atoms with Crippen molar-refractivity contribution < 1.29 is 9.21 Å². The van der Waals surface area contributed by atoms with Crippen LogP contribution in [0.15, 0.2) is 65.3 Å². The average molecular weight is 362 g/mol. The minimum Gasteiger partial charge on any atom is -0.464 e. The van der Waals surface area contributed by atoms with Crippen molar-refractivity contribution in [3.8, 4) is 0 Å². The van der Waals surface area contributed by atoms with Gasteiger partial charge >= 0.3 is 0 Å². The zero-order chi connectivity index (χ0) is 18.6. The van der Waals surface area contributed by atoms with E-state index in [-0.39, 0.29) is 17.9 Å². The van der Waals surface area contributed by atoms with Crippen LogP contribution in [0.3, 0.4) is 0 Å². The van der Waals surface area contributed by atoms with Crippen LogP contribution in [0.5, 0.6) is 0 Å². The van der Waals surface area contributed by atoms with Crippen molar-refractivity contribution in [2.45, 2.75) is 31.7 Å². The predicted molar refractivity (Wildman–Crippen MR) is 108 cm³/mol. The standard InChI is InChI=1S/C23H26N2O2/c1-17(19-10-7-11-22-20(19)12-15-27-22)23(26)24-21(16-25-13-5-6-14-25)18-8-3-2-4-9-18/h2-4,7-12,15,17,21H,5-6,13-14,16H2,1H3,(H,24,26). The molecule has 1 aliphatic rings. The molecule has 2 atom stereocenters. The van der Waals surface area contributed by atoms with E-state index in [9.17, 15) is 4.79 Å². The van der Waals surface area contributed by atoms with E-state index >= 15 is 0 Å². The number of furan rings is 1. The minimum atomic E-state index is -0.240. The van der Waals surface area contributed by atoms with Gasteiger partial charge in [0, 0.05) is 11.9 Å². The van der Waals surface area contributed by atoms with Gasteiger partial charge in [0.2, 0.25) is 5.91 Å². The Kier molecular flexibility index (Phi) is 5.26. The lowest BCUT2D eigenvalue weighted by Gasteiger charge is -2.26. The van der Waals surface area contributed by atoms with E-state index in [1.54, 1.807) is 6.26 Å². The Bertz CT molecular complexity index is 897. The van der Waals surface area contributed by atoms with Crippen LogP contribution in [0.4, 0.5) is 0 Å². The first-order valence-corrected chi connectivity index (χ1v) is 9.76. The summed E-state index contributed by atoms with van der Waals surface area (Å²) in [6, 6.07) is 18.1. The van der Waals surface area contributed by atoms with Crippen LogP contribution in [0.1, 0.15) is 42.9 Å². The largest absolute Gasteiger partial charge is 0.464 e. The highest BCUT2D eigenvalue weighted by Crippen LogP contribution is 2.27.